The van der Waals surface area contributed by atoms with Crippen LogP contribution in [0.1, 0.15) is 12.5 Å². The number of fused-ring (bicyclic) bond motifs is 1. The molecule has 0 fully saturated rings. The maximum absolute atomic E-state index is 13.0. The summed E-state index contributed by atoms with van der Waals surface area (Å²) in [6.45, 7) is 3.44. The molecule has 0 amide bonds. The van der Waals surface area contributed by atoms with Crippen LogP contribution in [0, 0.1) is 5.82 Å². The van der Waals surface area contributed by atoms with Gasteiger partial charge in [0.05, 0.1) is 0 Å². The number of hydrogen-bond donors (Lipinski definition) is 1. The molecule has 0 aliphatic carbocycles. The van der Waals surface area contributed by atoms with Gasteiger partial charge in [-0.1, -0.05) is 0 Å². The van der Waals surface area contributed by atoms with E-state index in [0.717, 1.165) is 30.8 Å². The molecule has 0 radical (unpaired) electrons. The van der Waals surface area contributed by atoms with Crippen molar-refractivity contribution in [3.63, 3.8) is 0 Å². The van der Waals surface area contributed by atoms with Crippen LogP contribution in [0.25, 0.3) is 0 Å². The molecule has 2 unspecified atom stereocenters. The van der Waals surface area contributed by atoms with Crippen molar-refractivity contribution in [2.24, 2.45) is 0 Å². The minimum Gasteiger partial charge on any atom is -0.488 e. The fourth-order valence-electron chi connectivity index (χ4n) is 1.85. The molecule has 2 rings (SSSR count). The maximum Gasteiger partial charge on any atom is 0.123 e. The molecule has 4 heteroatoms. The summed E-state index contributed by atoms with van der Waals surface area (Å²) in [6.07, 6.45) is 0.851. The van der Waals surface area contributed by atoms with Crippen molar-refractivity contribution in [1.82, 2.24) is 5.32 Å². The van der Waals surface area contributed by atoms with Crippen LogP contribution < -0.4 is 10.1 Å². The summed E-state index contributed by atoms with van der Waals surface area (Å²) in [6, 6.07) is 4.66. The number of ether oxygens (including phenoxy) is 1. The predicted octanol–water partition coefficient (Wildman–Crippen LogP) is 2.35. The summed E-state index contributed by atoms with van der Waals surface area (Å²) in [5, 5.41) is 3.34. The van der Waals surface area contributed by atoms with Gasteiger partial charge < -0.3 is 10.1 Å². The van der Waals surface area contributed by atoms with Gasteiger partial charge in [0.25, 0.3) is 0 Å². The monoisotopic (exact) mass is 243 g/mol. The van der Waals surface area contributed by atoms with Gasteiger partial charge in [-0.25, -0.2) is 4.39 Å². The number of halogens is 2. The summed E-state index contributed by atoms with van der Waals surface area (Å²) in [7, 11) is 0. The Kier molecular flexibility index (Phi) is 3.66. The Hall–Kier alpha value is -0.800. The predicted molar refractivity (Wildman–Crippen MR) is 62.7 cm³/mol. The van der Waals surface area contributed by atoms with Crippen molar-refractivity contribution in [2.75, 3.05) is 13.1 Å². The molecule has 0 spiro atoms. The zero-order chi connectivity index (χ0) is 11.5. The Balaban J connectivity index is 1.86. The van der Waals surface area contributed by atoms with E-state index in [0.29, 0.717) is 0 Å². The van der Waals surface area contributed by atoms with Crippen LogP contribution in [0.15, 0.2) is 18.2 Å². The average Bonchev–Trinajstić information content (AvgIpc) is 2.58. The van der Waals surface area contributed by atoms with Gasteiger partial charge in [0.2, 0.25) is 0 Å². The molecule has 1 aliphatic heterocycles. The van der Waals surface area contributed by atoms with Gasteiger partial charge in [-0.2, -0.15) is 0 Å². The Labute approximate surface area is 99.7 Å². The Morgan fingerprint density at radius 2 is 2.44 bits per heavy atom. The zero-order valence-electron chi connectivity index (χ0n) is 9.17. The number of alkyl halides is 1. The Morgan fingerprint density at radius 3 is 3.19 bits per heavy atom. The summed E-state index contributed by atoms with van der Waals surface area (Å²) in [5.74, 6) is 0.595. The summed E-state index contributed by atoms with van der Waals surface area (Å²) in [5.41, 5.74) is 0.950. The molecule has 1 aliphatic rings. The first-order valence-electron chi connectivity index (χ1n) is 5.45. The highest BCUT2D eigenvalue weighted by Gasteiger charge is 2.22. The number of benzene rings is 1. The summed E-state index contributed by atoms with van der Waals surface area (Å²) >= 11 is 5.82. The first-order valence-corrected chi connectivity index (χ1v) is 5.88. The van der Waals surface area contributed by atoms with Crippen LogP contribution in [0.5, 0.6) is 5.75 Å². The number of nitrogens with one attached hydrogen (secondary N) is 1. The highest BCUT2D eigenvalue weighted by Crippen LogP contribution is 2.28. The molecule has 0 saturated carbocycles. The molecule has 88 valence electrons. The normalized spacial score (nSPS) is 20.3. The quantitative estimate of drug-likeness (QED) is 0.820. The second kappa shape index (κ2) is 5.02. The Bertz CT molecular complexity index is 370. The third-order valence-corrected chi connectivity index (χ3v) is 2.72. The number of rotatable bonds is 4. The summed E-state index contributed by atoms with van der Waals surface area (Å²) < 4.78 is 18.6. The van der Waals surface area contributed by atoms with Gasteiger partial charge in [-0.3, -0.25) is 0 Å². The average molecular weight is 244 g/mol. The van der Waals surface area contributed by atoms with E-state index in [4.69, 9.17) is 16.3 Å². The van der Waals surface area contributed by atoms with Gasteiger partial charge in [-0.15, -0.1) is 11.6 Å². The molecule has 0 bridgehead atoms. The molecule has 1 aromatic carbocycles. The standard InChI is InChI=1S/C12H15ClFNO/c1-8(13)6-15-7-11-5-9-4-10(14)2-3-12(9)16-11/h2-4,8,11,15H,5-7H2,1H3. The zero-order valence-corrected chi connectivity index (χ0v) is 9.93. The Morgan fingerprint density at radius 1 is 1.62 bits per heavy atom. The van der Waals surface area contributed by atoms with E-state index in [-0.39, 0.29) is 17.3 Å². The fraction of sp³-hybridized carbons (Fsp3) is 0.500. The minimum atomic E-state index is -0.203. The lowest BCUT2D eigenvalue weighted by molar-refractivity contribution is 0.228. The topological polar surface area (TPSA) is 21.3 Å². The van der Waals surface area contributed by atoms with Crippen molar-refractivity contribution < 1.29 is 9.13 Å². The van der Waals surface area contributed by atoms with E-state index >= 15 is 0 Å². The van der Waals surface area contributed by atoms with Crippen LogP contribution in [0.3, 0.4) is 0 Å². The molecule has 2 atom stereocenters. The van der Waals surface area contributed by atoms with Crippen LogP contribution in [-0.4, -0.2) is 24.6 Å². The molecule has 2 nitrogen and oxygen atoms in total. The molecular weight excluding hydrogens is 229 g/mol. The van der Waals surface area contributed by atoms with Crippen molar-refractivity contribution in [1.29, 1.82) is 0 Å². The lowest BCUT2D eigenvalue weighted by Crippen LogP contribution is -2.33. The van der Waals surface area contributed by atoms with E-state index in [9.17, 15) is 4.39 Å². The van der Waals surface area contributed by atoms with Gasteiger partial charge >= 0.3 is 0 Å². The maximum atomic E-state index is 13.0. The van der Waals surface area contributed by atoms with Gasteiger partial charge in [0, 0.05) is 30.5 Å². The van der Waals surface area contributed by atoms with Gasteiger partial charge in [0.1, 0.15) is 17.7 Å². The third-order valence-electron chi connectivity index (χ3n) is 2.56. The molecular formula is C12H15ClFNO. The van der Waals surface area contributed by atoms with E-state index in [1.165, 1.54) is 6.07 Å². The van der Waals surface area contributed by atoms with E-state index < -0.39 is 0 Å². The third kappa shape index (κ3) is 2.86. The van der Waals surface area contributed by atoms with Crippen molar-refractivity contribution in [2.45, 2.75) is 24.8 Å². The van der Waals surface area contributed by atoms with E-state index in [2.05, 4.69) is 5.32 Å². The highest BCUT2D eigenvalue weighted by molar-refractivity contribution is 6.20. The van der Waals surface area contributed by atoms with Gasteiger partial charge in [0.15, 0.2) is 0 Å². The highest BCUT2D eigenvalue weighted by atomic mass is 35.5. The van der Waals surface area contributed by atoms with Crippen molar-refractivity contribution >= 4 is 11.6 Å². The SMILES string of the molecule is CC(Cl)CNCC1Cc2cc(F)ccc2O1. The van der Waals surface area contributed by atoms with Crippen LogP contribution in [0.2, 0.25) is 0 Å². The molecule has 1 N–H and O–H groups in total. The second-order valence-corrected chi connectivity index (χ2v) is 4.88. The molecule has 1 aromatic rings. The minimum absolute atomic E-state index is 0.0900. The van der Waals surface area contributed by atoms with E-state index in [1.54, 1.807) is 12.1 Å². The largest absolute Gasteiger partial charge is 0.488 e. The molecule has 0 aromatic heterocycles. The van der Waals surface area contributed by atoms with Crippen molar-refractivity contribution in [3.8, 4) is 5.75 Å². The van der Waals surface area contributed by atoms with Crippen LogP contribution in [-0.2, 0) is 6.42 Å². The smallest absolute Gasteiger partial charge is 0.123 e. The molecule has 1 heterocycles. The van der Waals surface area contributed by atoms with E-state index in [1.807, 2.05) is 6.92 Å². The fourth-order valence-corrected chi connectivity index (χ4v) is 1.96. The molecule has 0 saturated heterocycles. The lowest BCUT2D eigenvalue weighted by atomic mass is 10.1. The lowest BCUT2D eigenvalue weighted by Gasteiger charge is -2.12. The van der Waals surface area contributed by atoms with Gasteiger partial charge in [-0.05, 0) is 25.1 Å². The first-order chi connectivity index (χ1) is 7.65. The first kappa shape index (κ1) is 11.7. The van der Waals surface area contributed by atoms with Crippen LogP contribution in [0.4, 0.5) is 4.39 Å². The van der Waals surface area contributed by atoms with Crippen LogP contribution >= 0.6 is 11.6 Å². The second-order valence-electron chi connectivity index (χ2n) is 4.14. The number of hydrogen-bond acceptors (Lipinski definition) is 2. The summed E-state index contributed by atoms with van der Waals surface area (Å²) in [4.78, 5) is 0. The molecule has 16 heavy (non-hydrogen) atoms. The van der Waals surface area contributed by atoms with Crippen molar-refractivity contribution in [3.05, 3.63) is 29.6 Å².